The fraction of sp³-hybridized carbons (Fsp3) is 0.125. The van der Waals surface area contributed by atoms with E-state index in [-0.39, 0.29) is 0 Å². The molecule has 9 nitrogen and oxygen atoms in total. The molecule has 2 amide bonds. The molecule has 0 bridgehead atoms. The van der Waals surface area contributed by atoms with Gasteiger partial charge in [-0.25, -0.2) is 12.8 Å². The van der Waals surface area contributed by atoms with Crippen LogP contribution in [-0.4, -0.2) is 32.9 Å². The molecule has 3 aromatic carbocycles. The Balaban J connectivity index is 1.46. The summed E-state index contributed by atoms with van der Waals surface area (Å²) >= 11 is 0. The molecular weight excluding hydrogens is 475 g/mol. The third-order valence-electron chi connectivity index (χ3n) is 4.75. The number of rotatable bonds is 8. The Hall–Kier alpha value is -4.27. The Kier molecular flexibility index (Phi) is 8.14. The first-order valence-corrected chi connectivity index (χ1v) is 11.8. The van der Waals surface area contributed by atoms with Crippen LogP contribution < -0.4 is 20.3 Å². The molecular formula is C24H21FN4O5S. The quantitative estimate of drug-likeness (QED) is 0.409. The van der Waals surface area contributed by atoms with Crippen molar-refractivity contribution >= 4 is 21.8 Å². The Morgan fingerprint density at radius 2 is 1.57 bits per heavy atom. The number of hydrogen-bond acceptors (Lipinski definition) is 6. The van der Waals surface area contributed by atoms with Crippen LogP contribution >= 0.6 is 0 Å². The third-order valence-corrected chi connectivity index (χ3v) is 6.32. The molecule has 0 saturated heterocycles. The molecule has 0 aliphatic carbocycles. The molecule has 35 heavy (non-hydrogen) atoms. The number of halogens is 1. The van der Waals surface area contributed by atoms with Crippen LogP contribution in [0.2, 0.25) is 0 Å². The number of nitrogens with one attached hydrogen (secondary N) is 3. The summed E-state index contributed by atoms with van der Waals surface area (Å²) in [5.74, 6) is -2.08. The van der Waals surface area contributed by atoms with Crippen molar-refractivity contribution in [2.45, 2.75) is 17.9 Å². The standard InChI is InChI=1S/C24H21FN4O5S/c1-16(29-35(32,33)22-5-3-2-4-21(22)25)24(31)28-27-23(30)15-34-20-12-10-19(11-13-20)18-8-6-17(14-26)7-9-18/h2-13,16,29H,15H2,1H3,(H,27,30)(H,28,31)/t16-/m1/s1. The lowest BCUT2D eigenvalue weighted by molar-refractivity contribution is -0.130. The zero-order valence-corrected chi connectivity index (χ0v) is 19.3. The molecule has 0 saturated carbocycles. The van der Waals surface area contributed by atoms with E-state index in [9.17, 15) is 22.4 Å². The summed E-state index contributed by atoms with van der Waals surface area (Å²) in [6.07, 6.45) is 0. The van der Waals surface area contributed by atoms with Crippen LogP contribution in [0, 0.1) is 17.1 Å². The number of nitrogens with zero attached hydrogens (tertiary/aromatic N) is 1. The second-order valence-corrected chi connectivity index (χ2v) is 9.00. The lowest BCUT2D eigenvalue weighted by Crippen LogP contribution is -2.51. The second-order valence-electron chi connectivity index (χ2n) is 7.31. The molecule has 180 valence electrons. The van der Waals surface area contributed by atoms with Gasteiger partial charge in [0.25, 0.3) is 11.8 Å². The van der Waals surface area contributed by atoms with Crippen LogP contribution in [0.1, 0.15) is 12.5 Å². The van der Waals surface area contributed by atoms with Crippen LogP contribution in [0.4, 0.5) is 4.39 Å². The molecule has 0 radical (unpaired) electrons. The van der Waals surface area contributed by atoms with Crippen LogP contribution in [0.25, 0.3) is 11.1 Å². The Bertz CT molecular complexity index is 1350. The highest BCUT2D eigenvalue weighted by molar-refractivity contribution is 7.89. The SMILES string of the molecule is C[C@@H](NS(=O)(=O)c1ccccc1F)C(=O)NNC(=O)COc1ccc(-c2ccc(C#N)cc2)cc1. The summed E-state index contributed by atoms with van der Waals surface area (Å²) < 4.78 is 45.7. The largest absolute Gasteiger partial charge is 0.484 e. The lowest BCUT2D eigenvalue weighted by Gasteiger charge is -2.15. The number of nitriles is 1. The van der Waals surface area contributed by atoms with E-state index in [0.717, 1.165) is 23.3 Å². The lowest BCUT2D eigenvalue weighted by atomic mass is 10.0. The average molecular weight is 497 g/mol. The van der Waals surface area contributed by atoms with Gasteiger partial charge in [0.15, 0.2) is 6.61 Å². The topological polar surface area (TPSA) is 137 Å². The molecule has 0 heterocycles. The van der Waals surface area contributed by atoms with E-state index in [4.69, 9.17) is 10.00 Å². The smallest absolute Gasteiger partial charge is 0.276 e. The molecule has 3 N–H and O–H groups in total. The van der Waals surface area contributed by atoms with E-state index in [2.05, 4.69) is 16.9 Å². The van der Waals surface area contributed by atoms with Crippen LogP contribution in [0.3, 0.4) is 0 Å². The normalized spacial score (nSPS) is 11.7. The minimum atomic E-state index is -4.28. The van der Waals surface area contributed by atoms with Gasteiger partial charge >= 0.3 is 0 Å². The molecule has 0 fully saturated rings. The van der Waals surface area contributed by atoms with E-state index >= 15 is 0 Å². The minimum Gasteiger partial charge on any atom is -0.484 e. The number of hydrogen-bond donors (Lipinski definition) is 3. The van der Waals surface area contributed by atoms with Crippen molar-refractivity contribution in [1.29, 1.82) is 5.26 Å². The maximum absolute atomic E-state index is 13.8. The molecule has 3 rings (SSSR count). The fourth-order valence-corrected chi connectivity index (χ4v) is 4.20. The maximum atomic E-state index is 13.8. The summed E-state index contributed by atoms with van der Waals surface area (Å²) in [4.78, 5) is 23.5. The van der Waals surface area contributed by atoms with Crippen molar-refractivity contribution in [3.63, 3.8) is 0 Å². The third kappa shape index (κ3) is 6.86. The van der Waals surface area contributed by atoms with E-state index in [0.29, 0.717) is 11.3 Å². The number of ether oxygens (including phenoxy) is 1. The van der Waals surface area contributed by atoms with E-state index in [1.807, 2.05) is 16.9 Å². The van der Waals surface area contributed by atoms with Gasteiger partial charge in [0.05, 0.1) is 17.7 Å². The van der Waals surface area contributed by atoms with Crippen molar-refractivity contribution in [3.8, 4) is 22.9 Å². The van der Waals surface area contributed by atoms with E-state index in [1.165, 1.54) is 19.1 Å². The maximum Gasteiger partial charge on any atom is 0.276 e. The van der Waals surface area contributed by atoms with Crippen molar-refractivity contribution in [1.82, 2.24) is 15.6 Å². The average Bonchev–Trinajstić information content (AvgIpc) is 2.86. The summed E-state index contributed by atoms with van der Waals surface area (Å²) in [6, 6.07) is 19.5. The summed E-state index contributed by atoms with van der Waals surface area (Å²) in [6.45, 7) is 0.831. The first-order valence-electron chi connectivity index (χ1n) is 10.3. The minimum absolute atomic E-state index is 0.411. The second kappa shape index (κ2) is 11.2. The van der Waals surface area contributed by atoms with Gasteiger partial charge in [0.2, 0.25) is 10.0 Å². The molecule has 0 aliphatic rings. The van der Waals surface area contributed by atoms with Crippen molar-refractivity contribution < 1.29 is 27.1 Å². The van der Waals surface area contributed by atoms with Gasteiger partial charge in [0, 0.05) is 0 Å². The number of sulfonamides is 1. The van der Waals surface area contributed by atoms with Gasteiger partial charge in [-0.05, 0) is 54.4 Å². The predicted molar refractivity (Wildman–Crippen MR) is 125 cm³/mol. The molecule has 1 atom stereocenters. The van der Waals surface area contributed by atoms with Gasteiger partial charge in [-0.3, -0.25) is 20.4 Å². The molecule has 3 aromatic rings. The summed E-state index contributed by atoms with van der Waals surface area (Å²) in [5, 5.41) is 8.87. The summed E-state index contributed by atoms with van der Waals surface area (Å²) in [7, 11) is -4.28. The van der Waals surface area contributed by atoms with Crippen LogP contribution in [0.5, 0.6) is 5.75 Å². The Labute approximate surface area is 201 Å². The van der Waals surface area contributed by atoms with Gasteiger partial charge < -0.3 is 4.74 Å². The number of benzene rings is 3. The zero-order valence-electron chi connectivity index (χ0n) is 18.5. The number of carbonyl (C=O) groups excluding carboxylic acids is 2. The molecule has 0 spiro atoms. The van der Waals surface area contributed by atoms with Gasteiger partial charge in [0.1, 0.15) is 16.5 Å². The molecule has 11 heteroatoms. The Morgan fingerprint density at radius 3 is 2.17 bits per heavy atom. The number of carbonyl (C=O) groups is 2. The number of amides is 2. The van der Waals surface area contributed by atoms with Gasteiger partial charge in [-0.1, -0.05) is 36.4 Å². The van der Waals surface area contributed by atoms with Gasteiger partial charge in [-0.15, -0.1) is 0 Å². The Morgan fingerprint density at radius 1 is 0.971 bits per heavy atom. The predicted octanol–water partition coefficient (Wildman–Crippen LogP) is 2.26. The van der Waals surface area contributed by atoms with Crippen LogP contribution in [0.15, 0.2) is 77.7 Å². The van der Waals surface area contributed by atoms with E-state index < -0.39 is 45.2 Å². The molecule has 0 aromatic heterocycles. The van der Waals surface area contributed by atoms with Crippen molar-refractivity contribution in [2.24, 2.45) is 0 Å². The van der Waals surface area contributed by atoms with Crippen LogP contribution in [-0.2, 0) is 19.6 Å². The highest BCUT2D eigenvalue weighted by Gasteiger charge is 2.24. The summed E-state index contributed by atoms with van der Waals surface area (Å²) in [5.41, 5.74) is 6.57. The first-order chi connectivity index (χ1) is 16.7. The number of hydrazine groups is 1. The molecule has 0 aliphatic heterocycles. The highest BCUT2D eigenvalue weighted by Crippen LogP contribution is 2.22. The fourth-order valence-electron chi connectivity index (χ4n) is 2.92. The first kappa shape index (κ1) is 25.4. The van der Waals surface area contributed by atoms with Crippen molar-refractivity contribution in [3.05, 3.63) is 84.2 Å². The monoisotopic (exact) mass is 496 g/mol. The van der Waals surface area contributed by atoms with Gasteiger partial charge in [-0.2, -0.15) is 9.98 Å². The molecule has 0 unspecified atom stereocenters. The van der Waals surface area contributed by atoms with Crippen molar-refractivity contribution in [2.75, 3.05) is 6.61 Å². The van der Waals surface area contributed by atoms with E-state index in [1.54, 1.807) is 36.4 Å². The zero-order chi connectivity index (χ0) is 25.4. The highest BCUT2D eigenvalue weighted by atomic mass is 32.2.